The molecule has 0 aliphatic rings. The highest BCUT2D eigenvalue weighted by Gasteiger charge is 2.43. The van der Waals surface area contributed by atoms with Crippen molar-refractivity contribution in [3.05, 3.63) is 0 Å². The number of nitrogens with one attached hydrogen (secondary N) is 1. The summed E-state index contributed by atoms with van der Waals surface area (Å²) in [5.74, 6) is -1.39. The minimum Gasteiger partial charge on any atom is -0.480 e. The number of carboxylic acid groups (broad SMARTS) is 1. The van der Waals surface area contributed by atoms with Crippen LogP contribution in [0.15, 0.2) is 0 Å². The van der Waals surface area contributed by atoms with E-state index in [0.717, 1.165) is 0 Å². The second kappa shape index (κ2) is 4.88. The van der Waals surface area contributed by atoms with Crippen LogP contribution in [-0.2, 0) is 9.59 Å². The van der Waals surface area contributed by atoms with Crippen molar-refractivity contribution >= 4 is 11.9 Å². The van der Waals surface area contributed by atoms with Crippen molar-refractivity contribution in [1.82, 2.24) is 5.32 Å². The summed E-state index contributed by atoms with van der Waals surface area (Å²) in [6.45, 7) is 12.2. The number of hydrogen-bond donors (Lipinski definition) is 3. The number of hydrogen-bond acceptors (Lipinski definition) is 3. The molecule has 0 aromatic carbocycles. The normalized spacial score (nSPS) is 15.1. The van der Waals surface area contributed by atoms with Gasteiger partial charge in [-0.3, -0.25) is 4.79 Å². The Balaban J connectivity index is 5.11. The van der Waals surface area contributed by atoms with Crippen LogP contribution in [0, 0.1) is 10.8 Å². The average Bonchev–Trinajstić information content (AvgIpc) is 2.08. The van der Waals surface area contributed by atoms with Gasteiger partial charge in [0.2, 0.25) is 5.91 Å². The van der Waals surface area contributed by atoms with Crippen LogP contribution in [0.4, 0.5) is 0 Å². The molecule has 0 aromatic rings. The molecule has 0 aliphatic carbocycles. The number of nitrogens with two attached hydrogens (primary N) is 1. The predicted molar refractivity (Wildman–Crippen MR) is 71.1 cm³/mol. The van der Waals surface area contributed by atoms with E-state index in [-0.39, 0.29) is 5.91 Å². The molecule has 0 fully saturated rings. The van der Waals surface area contributed by atoms with Crippen LogP contribution < -0.4 is 11.1 Å². The van der Waals surface area contributed by atoms with E-state index in [1.54, 1.807) is 48.5 Å². The number of carbonyl (C=O) groups excluding carboxylic acids is 1. The molecule has 0 spiro atoms. The lowest BCUT2D eigenvalue weighted by molar-refractivity contribution is -0.147. The SMILES string of the molecule is CC(C)(C)[C@@H](NC(=O)C(C)(C)C(C)(C)N)C(=O)O. The minimum atomic E-state index is -1.04. The van der Waals surface area contributed by atoms with Crippen molar-refractivity contribution in [1.29, 1.82) is 0 Å². The maximum atomic E-state index is 12.2. The Morgan fingerprint density at radius 3 is 1.67 bits per heavy atom. The van der Waals surface area contributed by atoms with Crippen molar-refractivity contribution in [3.63, 3.8) is 0 Å². The lowest BCUT2D eigenvalue weighted by Crippen LogP contribution is -2.60. The summed E-state index contributed by atoms with van der Waals surface area (Å²) in [6, 6.07) is -0.938. The Labute approximate surface area is 109 Å². The fourth-order valence-electron chi connectivity index (χ4n) is 1.25. The molecule has 0 aromatic heterocycles. The van der Waals surface area contributed by atoms with Gasteiger partial charge in [-0.05, 0) is 33.1 Å². The van der Waals surface area contributed by atoms with Crippen molar-refractivity contribution in [2.75, 3.05) is 0 Å². The van der Waals surface area contributed by atoms with Gasteiger partial charge in [0.15, 0.2) is 0 Å². The fraction of sp³-hybridized carbons (Fsp3) is 0.846. The van der Waals surface area contributed by atoms with Crippen LogP contribution in [0.5, 0.6) is 0 Å². The number of carboxylic acids is 1. The monoisotopic (exact) mass is 258 g/mol. The van der Waals surface area contributed by atoms with E-state index in [1.165, 1.54) is 0 Å². The molecular formula is C13H26N2O3. The summed E-state index contributed by atoms with van der Waals surface area (Å²) in [5, 5.41) is 11.8. The van der Waals surface area contributed by atoms with Crippen molar-refractivity contribution < 1.29 is 14.7 Å². The van der Waals surface area contributed by atoms with E-state index in [4.69, 9.17) is 5.73 Å². The molecule has 0 radical (unpaired) electrons. The molecule has 0 bridgehead atoms. The Bertz CT molecular complexity index is 335. The van der Waals surface area contributed by atoms with E-state index in [2.05, 4.69) is 5.32 Å². The summed E-state index contributed by atoms with van der Waals surface area (Å²) in [6.07, 6.45) is 0. The van der Waals surface area contributed by atoms with Crippen LogP contribution in [0.3, 0.4) is 0 Å². The number of amides is 1. The molecule has 0 aliphatic heterocycles. The second-order valence-electron chi connectivity index (χ2n) is 6.96. The van der Waals surface area contributed by atoms with E-state index in [9.17, 15) is 14.7 Å². The third-order valence-corrected chi connectivity index (χ3v) is 3.57. The number of aliphatic carboxylic acids is 1. The first-order valence-electron chi connectivity index (χ1n) is 6.04. The molecule has 1 amide bonds. The van der Waals surface area contributed by atoms with Gasteiger partial charge in [0.1, 0.15) is 6.04 Å². The third-order valence-electron chi connectivity index (χ3n) is 3.57. The zero-order chi connectivity index (χ0) is 14.9. The summed E-state index contributed by atoms with van der Waals surface area (Å²) in [7, 11) is 0. The lowest BCUT2D eigenvalue weighted by atomic mass is 9.74. The molecule has 18 heavy (non-hydrogen) atoms. The van der Waals surface area contributed by atoms with Gasteiger partial charge < -0.3 is 16.2 Å². The zero-order valence-corrected chi connectivity index (χ0v) is 12.4. The van der Waals surface area contributed by atoms with Gasteiger partial charge in [-0.1, -0.05) is 20.8 Å². The van der Waals surface area contributed by atoms with Gasteiger partial charge >= 0.3 is 5.97 Å². The molecule has 5 heteroatoms. The zero-order valence-electron chi connectivity index (χ0n) is 12.4. The van der Waals surface area contributed by atoms with Gasteiger partial charge in [0.25, 0.3) is 0 Å². The Morgan fingerprint density at radius 1 is 1.06 bits per heavy atom. The topological polar surface area (TPSA) is 92.4 Å². The number of rotatable bonds is 4. The summed E-state index contributed by atoms with van der Waals surface area (Å²) >= 11 is 0. The molecule has 1 atom stereocenters. The van der Waals surface area contributed by atoms with Gasteiger partial charge in [-0.2, -0.15) is 0 Å². The van der Waals surface area contributed by atoms with Gasteiger partial charge in [0.05, 0.1) is 5.41 Å². The molecule has 0 heterocycles. The Morgan fingerprint density at radius 2 is 1.44 bits per heavy atom. The molecule has 4 N–H and O–H groups in total. The molecule has 106 valence electrons. The molecule has 0 saturated heterocycles. The second-order valence-corrected chi connectivity index (χ2v) is 6.96. The highest BCUT2D eigenvalue weighted by Crippen LogP contribution is 2.29. The van der Waals surface area contributed by atoms with E-state index in [1.807, 2.05) is 0 Å². The first-order chi connectivity index (χ1) is 7.71. The molecule has 0 saturated carbocycles. The molecule has 0 rings (SSSR count). The van der Waals surface area contributed by atoms with Crippen LogP contribution in [0.2, 0.25) is 0 Å². The van der Waals surface area contributed by atoms with Crippen LogP contribution in [0.1, 0.15) is 48.5 Å². The van der Waals surface area contributed by atoms with Crippen LogP contribution in [-0.4, -0.2) is 28.6 Å². The Kier molecular flexibility index (Phi) is 4.58. The lowest BCUT2D eigenvalue weighted by Gasteiger charge is -2.39. The maximum absolute atomic E-state index is 12.2. The molecule has 5 nitrogen and oxygen atoms in total. The maximum Gasteiger partial charge on any atom is 0.326 e. The van der Waals surface area contributed by atoms with Gasteiger partial charge in [-0.25, -0.2) is 4.79 Å². The average molecular weight is 258 g/mol. The van der Waals surface area contributed by atoms with Gasteiger partial charge in [-0.15, -0.1) is 0 Å². The fourth-order valence-corrected chi connectivity index (χ4v) is 1.25. The summed E-state index contributed by atoms with van der Waals surface area (Å²) in [4.78, 5) is 23.4. The van der Waals surface area contributed by atoms with E-state index < -0.39 is 28.4 Å². The first-order valence-corrected chi connectivity index (χ1v) is 6.04. The van der Waals surface area contributed by atoms with Gasteiger partial charge in [0, 0.05) is 5.54 Å². The summed E-state index contributed by atoms with van der Waals surface area (Å²) < 4.78 is 0. The molecule has 0 unspecified atom stereocenters. The largest absolute Gasteiger partial charge is 0.480 e. The highest BCUT2D eigenvalue weighted by atomic mass is 16.4. The quantitative estimate of drug-likeness (QED) is 0.710. The highest BCUT2D eigenvalue weighted by molar-refractivity contribution is 5.88. The molecular weight excluding hydrogens is 232 g/mol. The van der Waals surface area contributed by atoms with Crippen LogP contribution in [0.25, 0.3) is 0 Å². The van der Waals surface area contributed by atoms with E-state index in [0.29, 0.717) is 0 Å². The standard InChI is InChI=1S/C13H26N2O3/c1-11(2,3)8(9(16)17)15-10(18)12(4,5)13(6,7)14/h8H,14H2,1-7H3,(H,15,18)(H,16,17)/t8-/m0/s1. The first kappa shape index (κ1) is 16.9. The third kappa shape index (κ3) is 3.70. The summed E-state index contributed by atoms with van der Waals surface area (Å²) in [5.41, 5.74) is 3.81. The minimum absolute atomic E-state index is 0.350. The number of carbonyl (C=O) groups is 2. The predicted octanol–water partition coefficient (Wildman–Crippen LogP) is 1.37. The van der Waals surface area contributed by atoms with E-state index >= 15 is 0 Å². The Hall–Kier alpha value is -1.10. The van der Waals surface area contributed by atoms with Crippen molar-refractivity contribution in [2.45, 2.75) is 60.0 Å². The smallest absolute Gasteiger partial charge is 0.326 e. The van der Waals surface area contributed by atoms with Crippen molar-refractivity contribution in [3.8, 4) is 0 Å². The van der Waals surface area contributed by atoms with Crippen molar-refractivity contribution in [2.24, 2.45) is 16.6 Å². The van der Waals surface area contributed by atoms with Crippen LogP contribution >= 0.6 is 0 Å².